The minimum Gasteiger partial charge on any atom is -0.310 e. The third kappa shape index (κ3) is 4.09. The van der Waals surface area contributed by atoms with Crippen molar-refractivity contribution in [1.29, 1.82) is 0 Å². The Hall–Kier alpha value is -3.88. The number of halogens is 2. The predicted molar refractivity (Wildman–Crippen MR) is 108 cm³/mol. The van der Waals surface area contributed by atoms with Crippen LogP contribution in [0.2, 0.25) is 0 Å². The zero-order valence-electron chi connectivity index (χ0n) is 15.7. The van der Waals surface area contributed by atoms with Crippen LogP contribution in [0.15, 0.2) is 53.3 Å². The number of carbonyl (C=O) groups is 1. The average Bonchev–Trinajstić information content (AvgIpc) is 3.18. The van der Waals surface area contributed by atoms with Gasteiger partial charge in [0.2, 0.25) is 5.91 Å². The molecule has 152 valence electrons. The number of aromatic nitrogens is 4. The van der Waals surface area contributed by atoms with Gasteiger partial charge >= 0.3 is 0 Å². The quantitative estimate of drug-likeness (QED) is 0.453. The first kappa shape index (κ1) is 19.4. The Kier molecular flexibility index (Phi) is 5.34. The fraction of sp³-hybridized carbons (Fsp3) is 0.143. The third-order valence-electron chi connectivity index (χ3n) is 4.57. The van der Waals surface area contributed by atoms with Crippen molar-refractivity contribution >= 4 is 22.6 Å². The van der Waals surface area contributed by atoms with Crippen LogP contribution in [-0.4, -0.2) is 26.1 Å². The molecular weight excluding hydrogens is 392 g/mol. The Morgan fingerprint density at radius 2 is 1.93 bits per heavy atom. The molecule has 30 heavy (non-hydrogen) atoms. The van der Waals surface area contributed by atoms with Crippen molar-refractivity contribution in [1.82, 2.24) is 20.2 Å². The van der Waals surface area contributed by atoms with E-state index in [4.69, 9.17) is 0 Å². The van der Waals surface area contributed by atoms with E-state index in [1.807, 2.05) is 0 Å². The van der Waals surface area contributed by atoms with Gasteiger partial charge in [-0.15, -0.1) is 0 Å². The van der Waals surface area contributed by atoms with Crippen molar-refractivity contribution in [3.8, 4) is 11.3 Å². The lowest BCUT2D eigenvalue weighted by Gasteiger charge is -2.04. The fourth-order valence-electron chi connectivity index (χ4n) is 3.11. The van der Waals surface area contributed by atoms with E-state index in [1.165, 1.54) is 18.2 Å². The monoisotopic (exact) mass is 409 g/mol. The number of fused-ring (bicyclic) bond motifs is 1. The zero-order chi connectivity index (χ0) is 21.1. The standard InChI is InChI=1S/C21H17F2N5O2/c22-14-7-3-6-12(20(14)23)16-11-18(28-27-16)25-19(29)10-4-9-17-24-15-8-2-1-5-13(15)21(30)26-17/h1-3,5-8,11H,4,9-10H2,(H,24,26,30)(H2,25,27,28,29). The molecular formula is C21H17F2N5O2. The molecule has 7 nitrogen and oxygen atoms in total. The van der Waals surface area contributed by atoms with E-state index in [1.54, 1.807) is 24.3 Å². The first-order chi connectivity index (χ1) is 14.5. The molecule has 9 heteroatoms. The van der Waals surface area contributed by atoms with E-state index in [-0.39, 0.29) is 35.0 Å². The Balaban J connectivity index is 1.35. The average molecular weight is 409 g/mol. The molecule has 2 aromatic carbocycles. The number of aromatic amines is 2. The molecule has 0 spiro atoms. The SMILES string of the molecule is O=C(CCCc1nc2ccccc2c(=O)[nH]1)Nc1cc(-c2cccc(F)c2F)[nH]n1. The summed E-state index contributed by atoms with van der Waals surface area (Å²) in [6.07, 6.45) is 1.06. The normalized spacial score (nSPS) is 11.0. The third-order valence-corrected chi connectivity index (χ3v) is 4.57. The highest BCUT2D eigenvalue weighted by molar-refractivity contribution is 5.90. The largest absolute Gasteiger partial charge is 0.310 e. The molecule has 0 aliphatic carbocycles. The minimum atomic E-state index is -0.990. The number of rotatable bonds is 6. The molecule has 0 saturated heterocycles. The predicted octanol–water partition coefficient (Wildman–Crippen LogP) is 3.55. The molecule has 0 bridgehead atoms. The number of aryl methyl sites for hydroxylation is 1. The molecule has 1 amide bonds. The van der Waals surface area contributed by atoms with Gasteiger partial charge < -0.3 is 10.3 Å². The van der Waals surface area contributed by atoms with Gasteiger partial charge in [-0.25, -0.2) is 13.8 Å². The van der Waals surface area contributed by atoms with Crippen molar-refractivity contribution < 1.29 is 13.6 Å². The fourth-order valence-corrected chi connectivity index (χ4v) is 3.11. The van der Waals surface area contributed by atoms with Crippen LogP contribution in [0.4, 0.5) is 14.6 Å². The summed E-state index contributed by atoms with van der Waals surface area (Å²) in [5.41, 5.74) is 0.664. The summed E-state index contributed by atoms with van der Waals surface area (Å²) in [4.78, 5) is 31.3. The van der Waals surface area contributed by atoms with Crippen molar-refractivity contribution in [2.45, 2.75) is 19.3 Å². The molecule has 0 radical (unpaired) electrons. The molecule has 0 atom stereocenters. The summed E-state index contributed by atoms with van der Waals surface area (Å²) < 4.78 is 27.2. The van der Waals surface area contributed by atoms with Crippen LogP contribution < -0.4 is 10.9 Å². The molecule has 4 rings (SSSR count). The molecule has 4 aromatic rings. The van der Waals surface area contributed by atoms with Gasteiger partial charge in [-0.2, -0.15) is 5.10 Å². The minimum absolute atomic E-state index is 0.0225. The van der Waals surface area contributed by atoms with Crippen LogP contribution in [0.25, 0.3) is 22.2 Å². The van der Waals surface area contributed by atoms with Gasteiger partial charge in [0, 0.05) is 24.5 Å². The summed E-state index contributed by atoms with van der Waals surface area (Å²) in [7, 11) is 0. The molecule has 0 aliphatic heterocycles. The maximum Gasteiger partial charge on any atom is 0.258 e. The van der Waals surface area contributed by atoms with E-state index in [9.17, 15) is 18.4 Å². The topological polar surface area (TPSA) is 104 Å². The Labute approximate surface area is 169 Å². The summed E-state index contributed by atoms with van der Waals surface area (Å²) in [5.74, 6) is -1.54. The lowest BCUT2D eigenvalue weighted by atomic mass is 10.1. The Bertz CT molecular complexity index is 1280. The highest BCUT2D eigenvalue weighted by atomic mass is 19.2. The summed E-state index contributed by atoms with van der Waals surface area (Å²) >= 11 is 0. The van der Waals surface area contributed by atoms with Crippen LogP contribution in [0.5, 0.6) is 0 Å². The molecule has 0 aliphatic rings. The van der Waals surface area contributed by atoms with E-state index in [0.29, 0.717) is 29.6 Å². The zero-order valence-corrected chi connectivity index (χ0v) is 15.7. The number of H-pyrrole nitrogens is 2. The number of anilines is 1. The molecule has 0 unspecified atom stereocenters. The smallest absolute Gasteiger partial charge is 0.258 e. The second-order valence-corrected chi connectivity index (χ2v) is 6.70. The number of carbonyl (C=O) groups excluding carboxylic acids is 1. The maximum atomic E-state index is 13.9. The number of amides is 1. The van der Waals surface area contributed by atoms with E-state index >= 15 is 0 Å². The van der Waals surface area contributed by atoms with Crippen molar-refractivity contribution in [2.75, 3.05) is 5.32 Å². The molecule has 3 N–H and O–H groups in total. The van der Waals surface area contributed by atoms with Crippen LogP contribution >= 0.6 is 0 Å². The van der Waals surface area contributed by atoms with E-state index in [2.05, 4.69) is 25.5 Å². The van der Waals surface area contributed by atoms with Crippen molar-refractivity contribution in [2.24, 2.45) is 0 Å². The van der Waals surface area contributed by atoms with Gasteiger partial charge in [-0.3, -0.25) is 14.7 Å². The first-order valence-corrected chi connectivity index (χ1v) is 9.29. The lowest BCUT2D eigenvalue weighted by Crippen LogP contribution is -2.14. The number of nitrogens with one attached hydrogen (secondary N) is 3. The van der Waals surface area contributed by atoms with E-state index < -0.39 is 11.6 Å². The van der Waals surface area contributed by atoms with Gasteiger partial charge in [-0.05, 0) is 30.7 Å². The molecule has 2 aromatic heterocycles. The van der Waals surface area contributed by atoms with Crippen LogP contribution in [0, 0.1) is 11.6 Å². The summed E-state index contributed by atoms with van der Waals surface area (Å²) in [5, 5.41) is 9.61. The number of nitrogens with zero attached hydrogens (tertiary/aromatic N) is 2. The molecule has 0 fully saturated rings. The number of hydrogen-bond acceptors (Lipinski definition) is 4. The van der Waals surface area contributed by atoms with Crippen LogP contribution in [-0.2, 0) is 11.2 Å². The van der Waals surface area contributed by atoms with E-state index in [0.717, 1.165) is 6.07 Å². The maximum absolute atomic E-state index is 13.9. The number of para-hydroxylation sites is 1. The first-order valence-electron chi connectivity index (χ1n) is 9.29. The lowest BCUT2D eigenvalue weighted by molar-refractivity contribution is -0.116. The van der Waals surface area contributed by atoms with Crippen molar-refractivity contribution in [3.05, 3.63) is 76.3 Å². The summed E-state index contributed by atoms with van der Waals surface area (Å²) in [6.45, 7) is 0. The second-order valence-electron chi connectivity index (χ2n) is 6.70. The molecule has 2 heterocycles. The highest BCUT2D eigenvalue weighted by Gasteiger charge is 2.13. The van der Waals surface area contributed by atoms with Gasteiger partial charge in [0.25, 0.3) is 5.56 Å². The molecule has 0 saturated carbocycles. The number of benzene rings is 2. The van der Waals surface area contributed by atoms with Gasteiger partial charge in [0.05, 0.1) is 16.6 Å². The van der Waals surface area contributed by atoms with Gasteiger partial charge in [0.15, 0.2) is 17.5 Å². The van der Waals surface area contributed by atoms with Crippen LogP contribution in [0.1, 0.15) is 18.7 Å². The second kappa shape index (κ2) is 8.24. The summed E-state index contributed by atoms with van der Waals surface area (Å²) in [6, 6.07) is 12.3. The highest BCUT2D eigenvalue weighted by Crippen LogP contribution is 2.24. The number of hydrogen-bond donors (Lipinski definition) is 3. The van der Waals surface area contributed by atoms with Gasteiger partial charge in [-0.1, -0.05) is 18.2 Å². The Morgan fingerprint density at radius 1 is 1.10 bits per heavy atom. The van der Waals surface area contributed by atoms with Crippen LogP contribution in [0.3, 0.4) is 0 Å². The van der Waals surface area contributed by atoms with Crippen molar-refractivity contribution in [3.63, 3.8) is 0 Å². The van der Waals surface area contributed by atoms with Gasteiger partial charge in [0.1, 0.15) is 5.82 Å². The Morgan fingerprint density at radius 3 is 2.80 bits per heavy atom.